The second kappa shape index (κ2) is 13.9. The molecule has 20 heavy (non-hydrogen) atoms. The molecule has 1 heteroatoms. The first-order valence-electron chi connectivity index (χ1n) is 9.30. The Morgan fingerprint density at radius 2 is 1.15 bits per heavy atom. The summed E-state index contributed by atoms with van der Waals surface area (Å²) in [5, 5.41) is 3.43. The Hall–Kier alpha value is -0.0400. The summed E-state index contributed by atoms with van der Waals surface area (Å²) in [6, 6.07) is 0.661. The summed E-state index contributed by atoms with van der Waals surface area (Å²) in [4.78, 5) is 0. The molecule has 0 aliphatic heterocycles. The van der Waals surface area contributed by atoms with Gasteiger partial charge in [-0.15, -0.1) is 0 Å². The van der Waals surface area contributed by atoms with Crippen LogP contribution in [0.15, 0.2) is 0 Å². The van der Waals surface area contributed by atoms with E-state index in [4.69, 9.17) is 0 Å². The first kappa shape index (κ1) is 20.0. The van der Waals surface area contributed by atoms with Crippen molar-refractivity contribution in [2.75, 3.05) is 7.05 Å². The van der Waals surface area contributed by atoms with E-state index >= 15 is 0 Å². The van der Waals surface area contributed by atoms with Gasteiger partial charge in [0.05, 0.1) is 0 Å². The zero-order valence-electron chi connectivity index (χ0n) is 15.0. The number of nitrogens with one attached hydrogen (secondary N) is 1. The highest BCUT2D eigenvalue weighted by Crippen LogP contribution is 2.22. The Balaban J connectivity index is 3.41. The summed E-state index contributed by atoms with van der Waals surface area (Å²) in [7, 11) is 2.10. The van der Waals surface area contributed by atoms with Gasteiger partial charge in [-0.05, 0) is 32.2 Å². The van der Waals surface area contributed by atoms with Crippen LogP contribution in [0, 0.1) is 11.8 Å². The van der Waals surface area contributed by atoms with Crippen molar-refractivity contribution in [2.45, 2.75) is 104 Å². The molecule has 0 aliphatic carbocycles. The van der Waals surface area contributed by atoms with Gasteiger partial charge in [0.1, 0.15) is 0 Å². The molecule has 0 aromatic heterocycles. The maximum absolute atomic E-state index is 3.43. The summed E-state index contributed by atoms with van der Waals surface area (Å²) in [5.74, 6) is 1.64. The van der Waals surface area contributed by atoms with Gasteiger partial charge in [-0.2, -0.15) is 0 Å². The number of hydrogen-bond acceptors (Lipinski definition) is 1. The van der Waals surface area contributed by atoms with Gasteiger partial charge in [0.15, 0.2) is 0 Å². The van der Waals surface area contributed by atoms with Crippen molar-refractivity contribution < 1.29 is 0 Å². The summed E-state index contributed by atoms with van der Waals surface area (Å²) in [6.45, 7) is 9.37. The van der Waals surface area contributed by atoms with Crippen LogP contribution in [0.25, 0.3) is 0 Å². The number of rotatable bonds is 14. The molecule has 0 aromatic carbocycles. The topological polar surface area (TPSA) is 12.0 Å². The molecule has 0 fully saturated rings. The van der Waals surface area contributed by atoms with Crippen LogP contribution in [-0.2, 0) is 0 Å². The highest BCUT2D eigenvalue weighted by Gasteiger charge is 2.18. The lowest BCUT2D eigenvalue weighted by molar-refractivity contribution is 0.275. The van der Waals surface area contributed by atoms with E-state index in [0.717, 1.165) is 11.8 Å². The average Bonchev–Trinajstić information content (AvgIpc) is 2.43. The average molecular weight is 284 g/mol. The van der Waals surface area contributed by atoms with Crippen LogP contribution in [0.4, 0.5) is 0 Å². The summed E-state index contributed by atoms with van der Waals surface area (Å²) >= 11 is 0. The molecule has 0 saturated heterocycles. The number of hydrogen-bond donors (Lipinski definition) is 1. The third-order valence-electron chi connectivity index (χ3n) is 4.84. The minimum atomic E-state index is 0.661. The Kier molecular flexibility index (Phi) is 13.9. The Bertz CT molecular complexity index is 188. The summed E-state index contributed by atoms with van der Waals surface area (Å²) in [5.41, 5.74) is 0. The molecule has 122 valence electrons. The summed E-state index contributed by atoms with van der Waals surface area (Å²) in [6.07, 6.45) is 15.8. The van der Waals surface area contributed by atoms with Gasteiger partial charge in [0, 0.05) is 6.04 Å². The van der Waals surface area contributed by atoms with Gasteiger partial charge in [-0.1, -0.05) is 85.0 Å². The molecule has 0 bridgehead atoms. The van der Waals surface area contributed by atoms with Crippen LogP contribution in [0.3, 0.4) is 0 Å². The van der Waals surface area contributed by atoms with E-state index in [1.54, 1.807) is 0 Å². The van der Waals surface area contributed by atoms with Crippen LogP contribution in [-0.4, -0.2) is 13.1 Å². The lowest BCUT2D eigenvalue weighted by atomic mass is 9.85. The van der Waals surface area contributed by atoms with Crippen LogP contribution in [0.5, 0.6) is 0 Å². The molecule has 0 radical (unpaired) electrons. The second-order valence-corrected chi connectivity index (χ2v) is 6.96. The van der Waals surface area contributed by atoms with Gasteiger partial charge >= 0.3 is 0 Å². The van der Waals surface area contributed by atoms with Crippen molar-refractivity contribution in [3.05, 3.63) is 0 Å². The van der Waals surface area contributed by atoms with E-state index in [1.165, 1.54) is 70.6 Å². The molecule has 2 unspecified atom stereocenters. The first-order chi connectivity index (χ1) is 9.63. The van der Waals surface area contributed by atoms with E-state index < -0.39 is 0 Å². The Morgan fingerprint density at radius 1 is 0.700 bits per heavy atom. The van der Waals surface area contributed by atoms with E-state index in [-0.39, 0.29) is 0 Å². The minimum Gasteiger partial charge on any atom is -0.317 e. The fourth-order valence-electron chi connectivity index (χ4n) is 3.24. The monoisotopic (exact) mass is 283 g/mol. The SMILES string of the molecule is CCCCCCCCCCCCC(C(C)C)C(C)NC. The molecule has 1 N–H and O–H groups in total. The molecule has 0 aliphatic rings. The van der Waals surface area contributed by atoms with Crippen LogP contribution in [0.1, 0.15) is 98.3 Å². The molecule has 0 saturated carbocycles. The van der Waals surface area contributed by atoms with Gasteiger partial charge in [-0.3, -0.25) is 0 Å². The molecule has 0 heterocycles. The lowest BCUT2D eigenvalue weighted by Gasteiger charge is -2.27. The second-order valence-electron chi connectivity index (χ2n) is 6.96. The molecular formula is C19H41N. The van der Waals surface area contributed by atoms with Crippen molar-refractivity contribution in [1.29, 1.82) is 0 Å². The Morgan fingerprint density at radius 3 is 1.55 bits per heavy atom. The lowest BCUT2D eigenvalue weighted by Crippen LogP contribution is -2.33. The third kappa shape index (κ3) is 10.7. The quantitative estimate of drug-likeness (QED) is 0.375. The minimum absolute atomic E-state index is 0.661. The van der Waals surface area contributed by atoms with Gasteiger partial charge in [-0.25, -0.2) is 0 Å². The van der Waals surface area contributed by atoms with Crippen molar-refractivity contribution >= 4 is 0 Å². The fraction of sp³-hybridized carbons (Fsp3) is 1.00. The van der Waals surface area contributed by atoms with Crippen LogP contribution < -0.4 is 5.32 Å². The van der Waals surface area contributed by atoms with E-state index in [9.17, 15) is 0 Å². The molecular weight excluding hydrogens is 242 g/mol. The molecule has 0 amide bonds. The standard InChI is InChI=1S/C19H41N/c1-6-7-8-9-10-11-12-13-14-15-16-19(17(2)3)18(4)20-5/h17-20H,6-16H2,1-5H3. The van der Waals surface area contributed by atoms with Gasteiger partial charge < -0.3 is 5.32 Å². The molecule has 0 aromatic rings. The zero-order chi connectivity index (χ0) is 15.2. The number of unbranched alkanes of at least 4 members (excludes halogenated alkanes) is 9. The fourth-order valence-corrected chi connectivity index (χ4v) is 3.24. The van der Waals surface area contributed by atoms with E-state index in [0.29, 0.717) is 6.04 Å². The zero-order valence-corrected chi connectivity index (χ0v) is 15.0. The van der Waals surface area contributed by atoms with Crippen molar-refractivity contribution in [1.82, 2.24) is 5.32 Å². The summed E-state index contributed by atoms with van der Waals surface area (Å²) < 4.78 is 0. The van der Waals surface area contributed by atoms with E-state index in [1.807, 2.05) is 0 Å². The highest BCUT2D eigenvalue weighted by atomic mass is 14.9. The molecule has 2 atom stereocenters. The van der Waals surface area contributed by atoms with E-state index in [2.05, 4.69) is 40.1 Å². The maximum atomic E-state index is 3.43. The Labute approximate surface area is 129 Å². The predicted molar refractivity (Wildman–Crippen MR) is 93.3 cm³/mol. The maximum Gasteiger partial charge on any atom is 0.00664 e. The van der Waals surface area contributed by atoms with Crippen molar-refractivity contribution in [3.8, 4) is 0 Å². The highest BCUT2D eigenvalue weighted by molar-refractivity contribution is 4.73. The molecule has 1 nitrogen and oxygen atoms in total. The van der Waals surface area contributed by atoms with Crippen molar-refractivity contribution in [3.63, 3.8) is 0 Å². The largest absolute Gasteiger partial charge is 0.317 e. The van der Waals surface area contributed by atoms with Gasteiger partial charge in [0.25, 0.3) is 0 Å². The van der Waals surface area contributed by atoms with Crippen molar-refractivity contribution in [2.24, 2.45) is 11.8 Å². The van der Waals surface area contributed by atoms with Crippen LogP contribution in [0.2, 0.25) is 0 Å². The van der Waals surface area contributed by atoms with Crippen LogP contribution >= 0.6 is 0 Å². The van der Waals surface area contributed by atoms with Gasteiger partial charge in [0.2, 0.25) is 0 Å². The first-order valence-corrected chi connectivity index (χ1v) is 9.30. The molecule has 0 spiro atoms. The normalized spacial score (nSPS) is 14.7. The smallest absolute Gasteiger partial charge is 0.00664 e. The predicted octanol–water partition coefficient (Wildman–Crippen LogP) is 6.18. The third-order valence-corrected chi connectivity index (χ3v) is 4.84. The molecule has 0 rings (SSSR count).